The number of hydrogen-bond acceptors (Lipinski definition) is 3. The third kappa shape index (κ3) is 2.94. The minimum absolute atomic E-state index is 0.0458. The first-order valence-electron chi connectivity index (χ1n) is 13.1. The normalized spacial score (nSPS) is 51.7. The van der Waals surface area contributed by atoms with Gasteiger partial charge in [0.1, 0.15) is 0 Å². The van der Waals surface area contributed by atoms with Crippen LogP contribution < -0.4 is 5.32 Å². The lowest BCUT2D eigenvalue weighted by atomic mass is 9.56. The molecule has 3 heteroatoms. The Balaban J connectivity index is 1.30. The van der Waals surface area contributed by atoms with Gasteiger partial charge in [-0.15, -0.1) is 0 Å². The van der Waals surface area contributed by atoms with Crippen molar-refractivity contribution in [1.29, 1.82) is 0 Å². The van der Waals surface area contributed by atoms with E-state index in [4.69, 9.17) is 4.74 Å². The van der Waals surface area contributed by atoms with E-state index in [1.165, 1.54) is 37.7 Å². The number of piperidine rings is 1. The highest BCUT2D eigenvalue weighted by Crippen LogP contribution is 2.64. The molecule has 0 amide bonds. The molecule has 0 radical (unpaired) electrons. The molecule has 2 saturated heterocycles. The average Bonchev–Trinajstić information content (AvgIpc) is 3.19. The first-order chi connectivity index (χ1) is 14.8. The number of rotatable bonds is 0. The molecule has 4 fully saturated rings. The van der Waals surface area contributed by atoms with E-state index in [0.29, 0.717) is 23.8 Å². The van der Waals surface area contributed by atoms with Gasteiger partial charge in [0.2, 0.25) is 0 Å². The molecule has 0 aromatic carbocycles. The van der Waals surface area contributed by atoms with Crippen molar-refractivity contribution in [2.75, 3.05) is 6.54 Å². The lowest BCUT2D eigenvalue weighted by Gasteiger charge is -2.48. The van der Waals surface area contributed by atoms with Gasteiger partial charge in [-0.1, -0.05) is 37.5 Å². The number of nitrogens with one attached hydrogen (secondary N) is 1. The van der Waals surface area contributed by atoms with Gasteiger partial charge in [0.05, 0.1) is 11.7 Å². The summed E-state index contributed by atoms with van der Waals surface area (Å²) in [5.74, 6) is 4.00. The third-order valence-electron chi connectivity index (χ3n) is 10.9. The van der Waals surface area contributed by atoms with Gasteiger partial charge < -0.3 is 10.1 Å². The van der Waals surface area contributed by atoms with Gasteiger partial charge >= 0.3 is 0 Å². The van der Waals surface area contributed by atoms with Crippen LogP contribution >= 0.6 is 0 Å². The fraction of sp³-hybridized carbons (Fsp3) is 0.821. The zero-order valence-corrected chi connectivity index (χ0v) is 20.0. The maximum Gasteiger partial charge on any atom is 0.155 e. The molecule has 1 spiro atoms. The summed E-state index contributed by atoms with van der Waals surface area (Å²) < 4.78 is 7.00. The molecule has 4 aliphatic carbocycles. The van der Waals surface area contributed by atoms with E-state index in [0.717, 1.165) is 55.9 Å². The maximum atomic E-state index is 12.1. The molecular weight excluding hydrogens is 382 g/mol. The summed E-state index contributed by atoms with van der Waals surface area (Å²) in [6.07, 6.45) is 12.9. The van der Waals surface area contributed by atoms with Gasteiger partial charge in [-0.3, -0.25) is 4.79 Å². The van der Waals surface area contributed by atoms with Gasteiger partial charge in [-0.2, -0.15) is 0 Å². The molecule has 2 heterocycles. The molecule has 0 aromatic heterocycles. The van der Waals surface area contributed by atoms with Crippen molar-refractivity contribution in [2.45, 2.75) is 103 Å². The standard InChI is InChI=1S/C28H41NO2/c1-16-11-25-26(29-15-16)18(3)28(31-25)10-8-21-22-6-5-19-12-20(30)7-9-27(19,4)24(22)13-23(21)17(2)14-28/h12,16,18,21-22,24-26,29H,5-11,13-15H2,1-4H3/t16-,18+,21-,22-,24?,25+,26-,27-,28-/m0/s1. The van der Waals surface area contributed by atoms with Crippen molar-refractivity contribution >= 4 is 5.78 Å². The first-order valence-corrected chi connectivity index (χ1v) is 13.1. The Labute approximate surface area is 188 Å². The van der Waals surface area contributed by atoms with Crippen LogP contribution in [0.15, 0.2) is 22.8 Å². The highest BCUT2D eigenvalue weighted by atomic mass is 16.5. The quantitative estimate of drug-likeness (QED) is 0.515. The number of ether oxygens (including phenoxy) is 1. The van der Waals surface area contributed by atoms with E-state index < -0.39 is 0 Å². The van der Waals surface area contributed by atoms with Gasteiger partial charge in [0, 0.05) is 18.4 Å². The zero-order valence-electron chi connectivity index (χ0n) is 20.0. The van der Waals surface area contributed by atoms with E-state index in [2.05, 4.69) is 33.0 Å². The molecule has 2 aliphatic heterocycles. The van der Waals surface area contributed by atoms with Crippen LogP contribution in [0.25, 0.3) is 0 Å². The minimum atomic E-state index is 0.0458. The Hall–Kier alpha value is -0.930. The zero-order chi connectivity index (χ0) is 21.5. The largest absolute Gasteiger partial charge is 0.369 e. The SMILES string of the molecule is CC1=C2CC3[C@@H](CCC4=CC(=O)CC[C@@]43C)[C@@H]2CC[C@@]2(C1)O[C@@H]1C[C@H](C)CN[C@H]1[C@H]2C. The fourth-order valence-electron chi connectivity index (χ4n) is 9.13. The van der Waals surface area contributed by atoms with Gasteiger partial charge in [-0.25, -0.2) is 0 Å². The smallest absolute Gasteiger partial charge is 0.155 e. The summed E-state index contributed by atoms with van der Waals surface area (Å²) in [7, 11) is 0. The van der Waals surface area contributed by atoms with E-state index in [1.807, 2.05) is 6.08 Å². The number of carbonyl (C=O) groups excluding carboxylic acids is 1. The maximum absolute atomic E-state index is 12.1. The molecule has 9 atom stereocenters. The molecule has 0 aromatic rings. The predicted octanol–water partition coefficient (Wildman–Crippen LogP) is 5.60. The van der Waals surface area contributed by atoms with Crippen LogP contribution in [0.2, 0.25) is 0 Å². The Kier molecular flexibility index (Phi) is 4.69. The summed E-state index contributed by atoms with van der Waals surface area (Å²) >= 11 is 0. The lowest BCUT2D eigenvalue weighted by Crippen LogP contribution is -2.48. The second kappa shape index (κ2) is 7.03. The Morgan fingerprint density at radius 3 is 2.84 bits per heavy atom. The number of ketones is 1. The van der Waals surface area contributed by atoms with Gasteiger partial charge in [0.15, 0.2) is 5.78 Å². The third-order valence-corrected chi connectivity index (χ3v) is 10.9. The molecule has 2 saturated carbocycles. The molecule has 6 aliphatic rings. The first kappa shape index (κ1) is 20.7. The summed E-state index contributed by atoms with van der Waals surface area (Å²) in [6.45, 7) is 10.9. The van der Waals surface area contributed by atoms with E-state index >= 15 is 0 Å². The molecular formula is C28H41NO2. The molecule has 6 rings (SSSR count). The van der Waals surface area contributed by atoms with Crippen molar-refractivity contribution in [3.05, 3.63) is 22.8 Å². The summed E-state index contributed by atoms with van der Waals surface area (Å²) in [4.78, 5) is 12.1. The molecule has 1 unspecified atom stereocenters. The van der Waals surface area contributed by atoms with E-state index in [9.17, 15) is 4.79 Å². The van der Waals surface area contributed by atoms with Crippen LogP contribution in [0, 0.1) is 35.0 Å². The molecule has 31 heavy (non-hydrogen) atoms. The van der Waals surface area contributed by atoms with E-state index in [-0.39, 0.29) is 11.0 Å². The van der Waals surface area contributed by atoms with Crippen molar-refractivity contribution in [1.82, 2.24) is 5.32 Å². The van der Waals surface area contributed by atoms with Crippen molar-refractivity contribution in [2.24, 2.45) is 35.0 Å². The number of fused-ring (bicyclic) bond motifs is 6. The second-order valence-electron chi connectivity index (χ2n) is 12.5. The monoisotopic (exact) mass is 423 g/mol. The van der Waals surface area contributed by atoms with E-state index in [1.54, 1.807) is 11.1 Å². The van der Waals surface area contributed by atoms with Crippen LogP contribution in [0.1, 0.15) is 85.5 Å². The second-order valence-corrected chi connectivity index (χ2v) is 12.5. The Morgan fingerprint density at radius 2 is 2.00 bits per heavy atom. The predicted molar refractivity (Wildman–Crippen MR) is 124 cm³/mol. The number of hydrogen-bond donors (Lipinski definition) is 1. The Morgan fingerprint density at radius 1 is 1.16 bits per heavy atom. The Bertz CT molecular complexity index is 857. The van der Waals surface area contributed by atoms with Crippen molar-refractivity contribution in [3.63, 3.8) is 0 Å². The topological polar surface area (TPSA) is 38.3 Å². The summed E-state index contributed by atoms with van der Waals surface area (Å²) in [6, 6.07) is 0.542. The van der Waals surface area contributed by atoms with Crippen molar-refractivity contribution < 1.29 is 9.53 Å². The molecule has 1 N–H and O–H groups in total. The fourth-order valence-corrected chi connectivity index (χ4v) is 9.13. The van der Waals surface area contributed by atoms with Crippen LogP contribution in [-0.4, -0.2) is 30.1 Å². The average molecular weight is 424 g/mol. The molecule has 3 nitrogen and oxygen atoms in total. The lowest BCUT2D eigenvalue weighted by molar-refractivity contribution is -0.116. The van der Waals surface area contributed by atoms with Crippen LogP contribution in [-0.2, 0) is 9.53 Å². The number of allylic oxidation sites excluding steroid dienone is 3. The van der Waals surface area contributed by atoms with Gasteiger partial charge in [-0.05, 0) is 100.0 Å². The van der Waals surface area contributed by atoms with Gasteiger partial charge in [0.25, 0.3) is 0 Å². The molecule has 170 valence electrons. The summed E-state index contributed by atoms with van der Waals surface area (Å²) in [5, 5.41) is 3.85. The van der Waals surface area contributed by atoms with Crippen LogP contribution in [0.5, 0.6) is 0 Å². The van der Waals surface area contributed by atoms with Crippen molar-refractivity contribution in [3.8, 4) is 0 Å². The minimum Gasteiger partial charge on any atom is -0.369 e. The van der Waals surface area contributed by atoms with Crippen LogP contribution in [0.3, 0.4) is 0 Å². The highest BCUT2D eigenvalue weighted by Gasteiger charge is 2.58. The van der Waals surface area contributed by atoms with Crippen LogP contribution in [0.4, 0.5) is 0 Å². The molecule has 0 bridgehead atoms. The number of carbonyl (C=O) groups is 1. The highest BCUT2D eigenvalue weighted by molar-refractivity contribution is 5.91. The summed E-state index contributed by atoms with van der Waals surface area (Å²) in [5.41, 5.74) is 5.23.